The average molecular weight is 318 g/mol. The first kappa shape index (κ1) is 16.5. The topological polar surface area (TPSA) is 77.3 Å². The molecular formula is C18H10N2O4. The smallest absolute Gasteiger partial charge is 0.389 e. The molecule has 0 aliphatic heterocycles. The van der Waals surface area contributed by atoms with Crippen LogP contribution in [0.15, 0.2) is 58.8 Å². The number of hydrogen-bond acceptors (Lipinski definition) is 6. The van der Waals surface area contributed by atoms with E-state index in [1.54, 1.807) is 48.5 Å². The molecule has 0 radical (unpaired) electrons. The summed E-state index contributed by atoms with van der Waals surface area (Å²) < 4.78 is 9.67. The number of nitrogens with zero attached hydrogens (tertiary/aromatic N) is 2. The van der Waals surface area contributed by atoms with E-state index in [1.165, 1.54) is 0 Å². The number of esters is 2. The van der Waals surface area contributed by atoms with E-state index in [0.717, 1.165) is 0 Å². The molecule has 0 aliphatic carbocycles. The lowest BCUT2D eigenvalue weighted by atomic mass is 10.3. The Hall–Kier alpha value is -3.90. The first-order valence-electron chi connectivity index (χ1n) is 6.59. The van der Waals surface area contributed by atoms with Gasteiger partial charge < -0.3 is 9.47 Å². The van der Waals surface area contributed by atoms with Crippen LogP contribution in [0.3, 0.4) is 0 Å². The summed E-state index contributed by atoms with van der Waals surface area (Å²) in [4.78, 5) is 21.9. The van der Waals surface area contributed by atoms with Gasteiger partial charge in [0.05, 0.1) is 11.4 Å². The Morgan fingerprint density at radius 2 is 1.04 bits per heavy atom. The second kappa shape index (κ2) is 7.92. The van der Waals surface area contributed by atoms with E-state index in [4.69, 9.17) is 22.3 Å². The Labute approximate surface area is 138 Å². The van der Waals surface area contributed by atoms with Crippen LogP contribution in [0.5, 0.6) is 11.5 Å². The van der Waals surface area contributed by atoms with E-state index in [1.807, 2.05) is 11.8 Å². The van der Waals surface area contributed by atoms with Crippen molar-refractivity contribution in [3.05, 3.63) is 48.5 Å². The molecule has 0 aliphatic rings. The van der Waals surface area contributed by atoms with Crippen LogP contribution in [0.1, 0.15) is 0 Å². The third-order valence-corrected chi connectivity index (χ3v) is 2.61. The molecule has 6 nitrogen and oxygen atoms in total. The lowest BCUT2D eigenvalue weighted by Crippen LogP contribution is -2.03. The number of ether oxygens (including phenoxy) is 2. The molecule has 0 N–H and O–H groups in total. The highest BCUT2D eigenvalue weighted by atomic mass is 16.5. The first-order valence-corrected chi connectivity index (χ1v) is 6.59. The summed E-state index contributed by atoms with van der Waals surface area (Å²) in [5.74, 6) is 2.79. The summed E-state index contributed by atoms with van der Waals surface area (Å²) in [5.41, 5.74) is 1.11. The second-order valence-electron chi connectivity index (χ2n) is 4.26. The molecule has 116 valence electrons. The lowest BCUT2D eigenvalue weighted by Gasteiger charge is -2.00. The fourth-order valence-corrected chi connectivity index (χ4v) is 1.55. The van der Waals surface area contributed by atoms with Crippen molar-refractivity contribution in [2.45, 2.75) is 0 Å². The van der Waals surface area contributed by atoms with Gasteiger partial charge in [-0.15, -0.1) is 12.8 Å². The van der Waals surface area contributed by atoms with Crippen LogP contribution in [0.2, 0.25) is 0 Å². The van der Waals surface area contributed by atoms with Gasteiger partial charge in [0.25, 0.3) is 0 Å². The molecule has 2 rings (SSSR count). The SMILES string of the molecule is C#CC(=O)Oc1ccc(/N=N/c2ccc(OC(=O)C#C)cc2)cc1. The summed E-state index contributed by atoms with van der Waals surface area (Å²) in [6.45, 7) is 0. The maximum absolute atomic E-state index is 10.9. The van der Waals surface area contributed by atoms with E-state index in [-0.39, 0.29) is 0 Å². The molecule has 24 heavy (non-hydrogen) atoms. The van der Waals surface area contributed by atoms with Crippen molar-refractivity contribution in [3.63, 3.8) is 0 Å². The Morgan fingerprint density at radius 3 is 1.33 bits per heavy atom. The molecule has 2 aromatic carbocycles. The van der Waals surface area contributed by atoms with Crippen molar-refractivity contribution >= 4 is 23.3 Å². The average Bonchev–Trinajstić information content (AvgIpc) is 2.62. The standard InChI is InChI=1S/C18H10N2O4/c1-3-17(21)23-15-9-5-13(6-10-15)19-20-14-7-11-16(12-8-14)24-18(22)4-2/h1-2,5-12H/b20-19+. The molecule has 0 atom stereocenters. The number of benzene rings is 2. The maximum atomic E-state index is 10.9. The zero-order chi connectivity index (χ0) is 17.4. The fourth-order valence-electron chi connectivity index (χ4n) is 1.55. The Morgan fingerprint density at radius 1 is 0.708 bits per heavy atom. The van der Waals surface area contributed by atoms with Crippen molar-refractivity contribution in [2.24, 2.45) is 10.2 Å². The van der Waals surface area contributed by atoms with E-state index < -0.39 is 11.9 Å². The highest BCUT2D eigenvalue weighted by Crippen LogP contribution is 2.23. The summed E-state index contributed by atoms with van der Waals surface area (Å²) in [6.07, 6.45) is 9.82. The molecule has 0 bridgehead atoms. The molecule has 0 heterocycles. The van der Waals surface area contributed by atoms with Gasteiger partial charge in [-0.3, -0.25) is 0 Å². The van der Waals surface area contributed by atoms with Gasteiger partial charge in [-0.25, -0.2) is 9.59 Å². The van der Waals surface area contributed by atoms with E-state index in [9.17, 15) is 9.59 Å². The molecule has 0 fully saturated rings. The maximum Gasteiger partial charge on any atom is 0.389 e. The van der Waals surface area contributed by atoms with Crippen LogP contribution in [0.25, 0.3) is 0 Å². The van der Waals surface area contributed by atoms with Gasteiger partial charge in [0, 0.05) is 11.8 Å². The molecule has 2 aromatic rings. The number of carbonyl (C=O) groups excluding carboxylic acids is 2. The molecule has 0 saturated carbocycles. The molecule has 6 heteroatoms. The first-order chi connectivity index (χ1) is 11.6. The zero-order valence-corrected chi connectivity index (χ0v) is 12.3. The van der Waals surface area contributed by atoms with Gasteiger partial charge in [0.2, 0.25) is 0 Å². The van der Waals surface area contributed by atoms with Crippen molar-refractivity contribution in [1.82, 2.24) is 0 Å². The van der Waals surface area contributed by atoms with Crippen molar-refractivity contribution in [2.75, 3.05) is 0 Å². The predicted molar refractivity (Wildman–Crippen MR) is 86.0 cm³/mol. The number of rotatable bonds is 4. The molecule has 0 saturated heterocycles. The highest BCUT2D eigenvalue weighted by Gasteiger charge is 2.01. The number of azo groups is 1. The van der Waals surface area contributed by atoms with E-state index in [2.05, 4.69) is 10.2 Å². The van der Waals surface area contributed by atoms with Gasteiger partial charge >= 0.3 is 11.9 Å². The summed E-state index contributed by atoms with van der Waals surface area (Å²) in [5, 5.41) is 8.06. The zero-order valence-electron chi connectivity index (χ0n) is 12.3. The minimum Gasteiger partial charge on any atom is -0.417 e. The van der Waals surface area contributed by atoms with Crippen LogP contribution < -0.4 is 9.47 Å². The summed E-state index contributed by atoms with van der Waals surface area (Å²) in [6, 6.07) is 12.7. The number of terminal acetylenes is 2. The van der Waals surface area contributed by atoms with Gasteiger partial charge in [-0.05, 0) is 48.5 Å². The third-order valence-electron chi connectivity index (χ3n) is 2.61. The minimum atomic E-state index is -0.769. The van der Waals surface area contributed by atoms with Crippen molar-refractivity contribution < 1.29 is 19.1 Å². The lowest BCUT2D eigenvalue weighted by molar-refractivity contribution is -0.128. The molecular weight excluding hydrogens is 308 g/mol. The number of hydrogen-bond donors (Lipinski definition) is 0. The minimum absolute atomic E-state index is 0.316. The largest absolute Gasteiger partial charge is 0.417 e. The normalized spacial score (nSPS) is 9.75. The van der Waals surface area contributed by atoms with Crippen LogP contribution in [0, 0.1) is 24.7 Å². The van der Waals surface area contributed by atoms with Crippen LogP contribution >= 0.6 is 0 Å². The molecule has 0 aromatic heterocycles. The highest BCUT2D eigenvalue weighted by molar-refractivity contribution is 5.89. The fraction of sp³-hybridized carbons (Fsp3) is 0. The van der Waals surface area contributed by atoms with Crippen LogP contribution in [0.4, 0.5) is 11.4 Å². The van der Waals surface area contributed by atoms with E-state index >= 15 is 0 Å². The Kier molecular flexibility index (Phi) is 5.44. The summed E-state index contributed by atoms with van der Waals surface area (Å²) >= 11 is 0. The Bertz CT molecular complexity index is 780. The third kappa shape index (κ3) is 4.83. The quantitative estimate of drug-likeness (QED) is 0.285. The van der Waals surface area contributed by atoms with E-state index in [0.29, 0.717) is 22.9 Å². The van der Waals surface area contributed by atoms with Gasteiger partial charge in [-0.2, -0.15) is 10.2 Å². The van der Waals surface area contributed by atoms with Crippen LogP contribution in [-0.2, 0) is 9.59 Å². The predicted octanol–water partition coefficient (Wildman–Crippen LogP) is 3.18. The van der Waals surface area contributed by atoms with Crippen molar-refractivity contribution in [1.29, 1.82) is 0 Å². The number of carbonyl (C=O) groups is 2. The second-order valence-corrected chi connectivity index (χ2v) is 4.26. The monoisotopic (exact) mass is 318 g/mol. The Balaban J connectivity index is 2.00. The molecule has 0 spiro atoms. The molecule has 0 amide bonds. The van der Waals surface area contributed by atoms with Crippen LogP contribution in [-0.4, -0.2) is 11.9 Å². The summed E-state index contributed by atoms with van der Waals surface area (Å²) in [7, 11) is 0. The molecule has 0 unspecified atom stereocenters. The van der Waals surface area contributed by atoms with Gasteiger partial charge in [0.15, 0.2) is 0 Å². The van der Waals surface area contributed by atoms with Gasteiger partial charge in [-0.1, -0.05) is 0 Å². The van der Waals surface area contributed by atoms with Crippen molar-refractivity contribution in [3.8, 4) is 36.2 Å². The van der Waals surface area contributed by atoms with Gasteiger partial charge in [0.1, 0.15) is 11.5 Å².